The molecule has 1 aliphatic rings. The number of aromatic nitrogens is 1. The van der Waals surface area contributed by atoms with Crippen molar-refractivity contribution < 1.29 is 9.59 Å². The Morgan fingerprint density at radius 1 is 1.40 bits per heavy atom. The van der Waals surface area contributed by atoms with Crippen LogP contribution in [0.15, 0.2) is 10.2 Å². The first-order valence-corrected chi connectivity index (χ1v) is 7.59. The van der Waals surface area contributed by atoms with Gasteiger partial charge in [-0.05, 0) is 12.8 Å². The Kier molecular flexibility index (Phi) is 4.27. The van der Waals surface area contributed by atoms with Crippen molar-refractivity contribution in [1.82, 2.24) is 15.2 Å². The van der Waals surface area contributed by atoms with Crippen LogP contribution in [0.1, 0.15) is 32.9 Å². The summed E-state index contributed by atoms with van der Waals surface area (Å²) in [7, 11) is 0. The van der Waals surface area contributed by atoms with Gasteiger partial charge in [-0.15, -0.1) is 0 Å². The topological polar surface area (TPSA) is 82.3 Å². The molecule has 1 aromatic heterocycles. The van der Waals surface area contributed by atoms with Gasteiger partial charge in [-0.1, -0.05) is 31.6 Å². The van der Waals surface area contributed by atoms with E-state index in [9.17, 15) is 14.4 Å². The molecule has 1 aromatic rings. The second kappa shape index (κ2) is 5.78. The molecule has 2 N–H and O–H groups in total. The van der Waals surface area contributed by atoms with E-state index < -0.39 is 12.1 Å². The first-order valence-electron chi connectivity index (χ1n) is 6.71. The van der Waals surface area contributed by atoms with Crippen LogP contribution < -0.4 is 10.2 Å². The minimum absolute atomic E-state index is 0.0847. The molecule has 2 amide bonds. The third kappa shape index (κ3) is 2.77. The zero-order valence-corrected chi connectivity index (χ0v) is 12.6. The highest BCUT2D eigenvalue weighted by Gasteiger charge is 2.40. The summed E-state index contributed by atoms with van der Waals surface area (Å²) in [5.74, 6) is -0.144. The number of amides is 2. The number of nitrogens with one attached hydrogen (secondary N) is 2. The third-order valence-corrected chi connectivity index (χ3v) is 4.54. The SMILES string of the molecule is CCC(C)C1NC(=O)C(C)N(Cc2csc(=O)[nH]2)C1=O. The predicted octanol–water partition coefficient (Wildman–Crippen LogP) is 0.698. The second-order valence-electron chi connectivity index (χ2n) is 5.19. The van der Waals surface area contributed by atoms with Crippen LogP contribution in [0.25, 0.3) is 0 Å². The largest absolute Gasteiger partial charge is 0.342 e. The van der Waals surface area contributed by atoms with Crippen molar-refractivity contribution in [2.75, 3.05) is 0 Å². The van der Waals surface area contributed by atoms with E-state index in [1.54, 1.807) is 12.3 Å². The number of aromatic amines is 1. The van der Waals surface area contributed by atoms with Crippen LogP contribution >= 0.6 is 11.3 Å². The van der Waals surface area contributed by atoms with Gasteiger partial charge in [0.05, 0.1) is 6.54 Å². The van der Waals surface area contributed by atoms with Crippen LogP contribution in [0.5, 0.6) is 0 Å². The van der Waals surface area contributed by atoms with Gasteiger partial charge in [0, 0.05) is 11.1 Å². The maximum Gasteiger partial charge on any atom is 0.304 e. The van der Waals surface area contributed by atoms with Gasteiger partial charge in [-0.25, -0.2) is 0 Å². The van der Waals surface area contributed by atoms with Gasteiger partial charge < -0.3 is 15.2 Å². The molecule has 3 atom stereocenters. The quantitative estimate of drug-likeness (QED) is 0.858. The molecule has 7 heteroatoms. The van der Waals surface area contributed by atoms with E-state index >= 15 is 0 Å². The number of hydrogen-bond donors (Lipinski definition) is 2. The van der Waals surface area contributed by atoms with E-state index in [1.807, 2.05) is 13.8 Å². The Hall–Kier alpha value is -1.63. The molecule has 2 heterocycles. The van der Waals surface area contributed by atoms with Crippen LogP contribution in [0, 0.1) is 5.92 Å². The molecule has 6 nitrogen and oxygen atoms in total. The lowest BCUT2D eigenvalue weighted by atomic mass is 9.94. The Morgan fingerprint density at radius 3 is 2.65 bits per heavy atom. The standard InChI is InChI=1S/C13H19N3O3S/c1-4-7(2)10-12(18)16(8(3)11(17)15-10)5-9-6-20-13(19)14-9/h6-8,10H,4-5H2,1-3H3,(H,14,19)(H,15,17). The maximum atomic E-state index is 12.5. The van der Waals surface area contributed by atoms with Gasteiger partial charge in [0.15, 0.2) is 0 Å². The van der Waals surface area contributed by atoms with Crippen LogP contribution in [0.4, 0.5) is 0 Å². The van der Waals surface area contributed by atoms with Gasteiger partial charge in [0.25, 0.3) is 0 Å². The second-order valence-corrected chi connectivity index (χ2v) is 6.03. The molecule has 110 valence electrons. The number of piperazine rings is 1. The molecule has 0 bridgehead atoms. The van der Waals surface area contributed by atoms with Crippen molar-refractivity contribution in [3.63, 3.8) is 0 Å². The van der Waals surface area contributed by atoms with Gasteiger partial charge in [-0.2, -0.15) is 0 Å². The van der Waals surface area contributed by atoms with Crippen LogP contribution in [0.2, 0.25) is 0 Å². The van der Waals surface area contributed by atoms with Gasteiger partial charge in [0.1, 0.15) is 12.1 Å². The smallest absolute Gasteiger partial charge is 0.304 e. The van der Waals surface area contributed by atoms with E-state index in [2.05, 4.69) is 10.3 Å². The summed E-state index contributed by atoms with van der Waals surface area (Å²) in [6.45, 7) is 5.90. The average Bonchev–Trinajstić information content (AvgIpc) is 2.83. The number of carbonyl (C=O) groups excluding carboxylic acids is 2. The number of carbonyl (C=O) groups is 2. The molecule has 1 fully saturated rings. The van der Waals surface area contributed by atoms with E-state index in [4.69, 9.17) is 0 Å². The predicted molar refractivity (Wildman–Crippen MR) is 76.3 cm³/mol. The molecule has 3 unspecified atom stereocenters. The van der Waals surface area contributed by atoms with Crippen LogP contribution in [0.3, 0.4) is 0 Å². The minimum Gasteiger partial charge on any atom is -0.342 e. The number of nitrogens with zero attached hydrogens (tertiary/aromatic N) is 1. The van der Waals surface area contributed by atoms with Crippen LogP contribution in [-0.4, -0.2) is 33.8 Å². The Labute approximate surface area is 121 Å². The Morgan fingerprint density at radius 2 is 2.10 bits per heavy atom. The van der Waals surface area contributed by atoms with E-state index in [1.165, 1.54) is 4.90 Å². The number of H-pyrrole nitrogens is 1. The van der Waals surface area contributed by atoms with Gasteiger partial charge >= 0.3 is 4.87 Å². The molecule has 0 saturated carbocycles. The third-order valence-electron chi connectivity index (χ3n) is 3.82. The Bertz CT molecular complexity index is 565. The van der Waals surface area contributed by atoms with Crippen molar-refractivity contribution in [3.8, 4) is 0 Å². The van der Waals surface area contributed by atoms with Gasteiger partial charge in [-0.3, -0.25) is 14.4 Å². The van der Waals surface area contributed by atoms with Crippen molar-refractivity contribution in [2.24, 2.45) is 5.92 Å². The first kappa shape index (κ1) is 14.8. The Balaban J connectivity index is 2.21. The van der Waals surface area contributed by atoms with Crippen molar-refractivity contribution in [2.45, 2.75) is 45.8 Å². The lowest BCUT2D eigenvalue weighted by Gasteiger charge is -2.39. The highest BCUT2D eigenvalue weighted by atomic mass is 32.1. The average molecular weight is 297 g/mol. The fraction of sp³-hybridized carbons (Fsp3) is 0.615. The fourth-order valence-electron chi connectivity index (χ4n) is 2.26. The van der Waals surface area contributed by atoms with Gasteiger partial charge in [0.2, 0.25) is 11.8 Å². The molecule has 20 heavy (non-hydrogen) atoms. The highest BCUT2D eigenvalue weighted by Crippen LogP contribution is 2.19. The van der Waals surface area contributed by atoms with E-state index in [-0.39, 0.29) is 29.1 Å². The van der Waals surface area contributed by atoms with Crippen molar-refractivity contribution in [1.29, 1.82) is 0 Å². The molecular weight excluding hydrogens is 278 g/mol. The number of rotatable bonds is 4. The van der Waals surface area contributed by atoms with Crippen LogP contribution in [-0.2, 0) is 16.1 Å². The summed E-state index contributed by atoms with van der Waals surface area (Å²) in [6.07, 6.45) is 0.814. The fourth-order valence-corrected chi connectivity index (χ4v) is 2.83. The normalized spacial score (nSPS) is 24.6. The molecular formula is C13H19N3O3S. The number of hydrogen-bond acceptors (Lipinski definition) is 4. The molecule has 1 aliphatic heterocycles. The van der Waals surface area contributed by atoms with Crippen molar-refractivity contribution >= 4 is 23.2 Å². The summed E-state index contributed by atoms with van der Waals surface area (Å²) in [5.41, 5.74) is 0.665. The number of thiazole rings is 1. The minimum atomic E-state index is -0.522. The zero-order chi connectivity index (χ0) is 14.9. The summed E-state index contributed by atoms with van der Waals surface area (Å²) in [6, 6.07) is -1.000. The summed E-state index contributed by atoms with van der Waals surface area (Å²) in [4.78, 5) is 39.7. The molecule has 0 aliphatic carbocycles. The summed E-state index contributed by atoms with van der Waals surface area (Å²) in [5, 5.41) is 4.48. The highest BCUT2D eigenvalue weighted by molar-refractivity contribution is 7.07. The van der Waals surface area contributed by atoms with Crippen molar-refractivity contribution in [3.05, 3.63) is 20.7 Å². The maximum absolute atomic E-state index is 12.5. The molecule has 0 aromatic carbocycles. The molecule has 0 radical (unpaired) electrons. The molecule has 1 saturated heterocycles. The molecule has 0 spiro atoms. The lowest BCUT2D eigenvalue weighted by Crippen LogP contribution is -2.63. The molecule has 2 rings (SSSR count). The summed E-state index contributed by atoms with van der Waals surface area (Å²) < 4.78 is 0. The van der Waals surface area contributed by atoms with E-state index in [0.717, 1.165) is 17.8 Å². The summed E-state index contributed by atoms with van der Waals surface area (Å²) >= 11 is 1.06. The lowest BCUT2D eigenvalue weighted by molar-refractivity contribution is -0.150. The zero-order valence-electron chi connectivity index (χ0n) is 11.8. The first-order chi connectivity index (χ1) is 9.43. The van der Waals surface area contributed by atoms with E-state index in [0.29, 0.717) is 5.69 Å². The monoisotopic (exact) mass is 297 g/mol.